The van der Waals surface area contributed by atoms with E-state index in [1.807, 2.05) is 5.41 Å². The van der Waals surface area contributed by atoms with Crippen LogP contribution in [0.15, 0.2) is 11.6 Å². The normalized spacial score (nSPS) is 32.9. The Balaban J connectivity index is 2.13. The number of carbonyl (C=O) groups is 1. The van der Waals surface area contributed by atoms with Gasteiger partial charge in [-0.15, -0.1) is 0 Å². The summed E-state index contributed by atoms with van der Waals surface area (Å²) in [4.78, 5) is 12.8. The Morgan fingerprint density at radius 1 is 1.50 bits per heavy atom. The van der Waals surface area contributed by atoms with E-state index in [2.05, 4.69) is 15.5 Å². The molecule has 1 fully saturated rings. The maximum Gasteiger partial charge on any atom is 0.269 e. The highest BCUT2D eigenvalue weighted by Crippen LogP contribution is 2.31. The molecule has 0 aliphatic carbocycles. The summed E-state index contributed by atoms with van der Waals surface area (Å²) in [6.45, 7) is 3.48. The number of amides is 1. The number of hydrogen-bond acceptors (Lipinski definition) is 5. The van der Waals surface area contributed by atoms with Crippen molar-refractivity contribution in [3.8, 4) is 0 Å². The molecule has 2 heterocycles. The highest BCUT2D eigenvalue weighted by atomic mass is 32.2. The fraction of sp³-hybridized carbons (Fsp3) is 0.625. The number of rotatable bonds is 2. The third kappa shape index (κ3) is 1.49. The van der Waals surface area contributed by atoms with Crippen LogP contribution in [0.5, 0.6) is 0 Å². The largest absolute Gasteiger partial charge is 0.366 e. The molecule has 5 nitrogen and oxygen atoms in total. The molecule has 78 valence electrons. The second kappa shape index (κ2) is 3.80. The van der Waals surface area contributed by atoms with Gasteiger partial charge < -0.3 is 16.4 Å². The predicted molar refractivity (Wildman–Crippen MR) is 56.2 cm³/mol. The Hall–Kier alpha value is -0.720. The fourth-order valence-corrected chi connectivity index (χ4v) is 2.66. The minimum atomic E-state index is -0.748. The summed E-state index contributed by atoms with van der Waals surface area (Å²) in [6, 6.07) is 0. The number of hydrogen-bond donors (Lipinski definition) is 3. The molecule has 1 saturated heterocycles. The van der Waals surface area contributed by atoms with Crippen LogP contribution < -0.4 is 16.4 Å². The highest BCUT2D eigenvalue weighted by molar-refractivity contribution is 8.04. The molecule has 0 aromatic heterocycles. The quantitative estimate of drug-likeness (QED) is 0.541. The Kier molecular flexibility index (Phi) is 2.66. The van der Waals surface area contributed by atoms with Gasteiger partial charge in [0.05, 0.1) is 0 Å². The van der Waals surface area contributed by atoms with Crippen LogP contribution in [0.3, 0.4) is 0 Å². The lowest BCUT2D eigenvalue weighted by molar-refractivity contribution is -0.126. The zero-order valence-corrected chi connectivity index (χ0v) is 8.64. The third-order valence-corrected chi connectivity index (χ3v) is 3.67. The molecule has 2 aliphatic rings. The zero-order valence-electron chi connectivity index (χ0n) is 7.82. The molecule has 14 heavy (non-hydrogen) atoms. The summed E-state index contributed by atoms with van der Waals surface area (Å²) in [5, 5.41) is 8.16. The van der Waals surface area contributed by atoms with Crippen LogP contribution in [0.25, 0.3) is 0 Å². The van der Waals surface area contributed by atoms with E-state index in [0.29, 0.717) is 0 Å². The summed E-state index contributed by atoms with van der Waals surface area (Å²) in [7, 11) is 0. The molecule has 2 rings (SSSR count). The van der Waals surface area contributed by atoms with Gasteiger partial charge in [0.1, 0.15) is 0 Å². The first-order valence-electron chi connectivity index (χ1n) is 4.62. The number of nitrogens with zero attached hydrogens (tertiary/aromatic N) is 1. The van der Waals surface area contributed by atoms with Crippen LogP contribution in [-0.4, -0.2) is 42.0 Å². The van der Waals surface area contributed by atoms with E-state index in [1.165, 1.54) is 11.8 Å². The Morgan fingerprint density at radius 3 is 2.71 bits per heavy atom. The van der Waals surface area contributed by atoms with Gasteiger partial charge in [0, 0.05) is 32.4 Å². The number of nitrogens with one attached hydrogen (secondary N) is 2. The summed E-state index contributed by atoms with van der Waals surface area (Å²) < 4.78 is 0. The second-order valence-electron chi connectivity index (χ2n) is 3.31. The Bertz CT molecular complexity index is 254. The van der Waals surface area contributed by atoms with Gasteiger partial charge >= 0.3 is 0 Å². The number of primary amides is 1. The monoisotopic (exact) mass is 214 g/mol. The van der Waals surface area contributed by atoms with E-state index in [9.17, 15) is 4.79 Å². The van der Waals surface area contributed by atoms with Gasteiger partial charge in [-0.05, 0) is 5.41 Å². The number of nitrogens with two attached hydrogens (primary N) is 1. The van der Waals surface area contributed by atoms with Gasteiger partial charge in [-0.25, -0.2) is 0 Å². The SMILES string of the molecule is NC(=O)C1(N2CCNCC2)NC=CS1. The van der Waals surface area contributed by atoms with E-state index < -0.39 is 4.99 Å². The first-order valence-corrected chi connectivity index (χ1v) is 5.50. The predicted octanol–water partition coefficient (Wildman–Crippen LogP) is -1.16. The molecule has 0 bridgehead atoms. The van der Waals surface area contributed by atoms with Crippen molar-refractivity contribution in [2.45, 2.75) is 4.99 Å². The van der Waals surface area contributed by atoms with Crippen LogP contribution in [0, 0.1) is 0 Å². The van der Waals surface area contributed by atoms with E-state index in [-0.39, 0.29) is 5.91 Å². The molecule has 0 spiro atoms. The lowest BCUT2D eigenvalue weighted by Crippen LogP contribution is -2.64. The second-order valence-corrected chi connectivity index (χ2v) is 4.41. The average Bonchev–Trinajstić information content (AvgIpc) is 2.69. The van der Waals surface area contributed by atoms with Crippen molar-refractivity contribution < 1.29 is 4.79 Å². The summed E-state index contributed by atoms with van der Waals surface area (Å²) in [6.07, 6.45) is 1.78. The molecular weight excluding hydrogens is 200 g/mol. The van der Waals surface area contributed by atoms with Crippen molar-refractivity contribution in [3.05, 3.63) is 11.6 Å². The third-order valence-electron chi connectivity index (χ3n) is 2.48. The summed E-state index contributed by atoms with van der Waals surface area (Å²) >= 11 is 1.44. The van der Waals surface area contributed by atoms with Crippen LogP contribution in [0.2, 0.25) is 0 Å². The minimum absolute atomic E-state index is 0.325. The van der Waals surface area contributed by atoms with Crippen molar-refractivity contribution in [3.63, 3.8) is 0 Å². The van der Waals surface area contributed by atoms with Crippen molar-refractivity contribution >= 4 is 17.7 Å². The van der Waals surface area contributed by atoms with E-state index in [0.717, 1.165) is 26.2 Å². The maximum atomic E-state index is 11.5. The van der Waals surface area contributed by atoms with Crippen LogP contribution in [0.1, 0.15) is 0 Å². The topological polar surface area (TPSA) is 70.4 Å². The lowest BCUT2D eigenvalue weighted by atomic mass is 10.3. The summed E-state index contributed by atoms with van der Waals surface area (Å²) in [5.74, 6) is -0.325. The van der Waals surface area contributed by atoms with Crippen molar-refractivity contribution in [1.82, 2.24) is 15.5 Å². The van der Waals surface area contributed by atoms with E-state index >= 15 is 0 Å². The van der Waals surface area contributed by atoms with Crippen molar-refractivity contribution in [1.29, 1.82) is 0 Å². The molecule has 0 radical (unpaired) electrons. The van der Waals surface area contributed by atoms with Gasteiger partial charge in [0.25, 0.3) is 5.91 Å². The minimum Gasteiger partial charge on any atom is -0.366 e. The molecule has 1 unspecified atom stereocenters. The molecule has 1 amide bonds. The van der Waals surface area contributed by atoms with Crippen LogP contribution in [-0.2, 0) is 4.79 Å². The van der Waals surface area contributed by atoms with E-state index in [4.69, 9.17) is 5.73 Å². The molecule has 6 heteroatoms. The standard InChI is InChI=1S/C8H14N4OS/c9-7(13)8(11-3-6-14-8)12-4-1-10-2-5-12/h3,6,10-11H,1-2,4-5H2,(H2,9,13). The van der Waals surface area contributed by atoms with Gasteiger partial charge in [-0.2, -0.15) is 0 Å². The van der Waals surface area contributed by atoms with Crippen molar-refractivity contribution in [2.24, 2.45) is 5.73 Å². The maximum absolute atomic E-state index is 11.5. The molecule has 4 N–H and O–H groups in total. The van der Waals surface area contributed by atoms with Gasteiger partial charge in [0.15, 0.2) is 0 Å². The first kappa shape index (κ1) is 9.82. The van der Waals surface area contributed by atoms with Crippen molar-refractivity contribution in [2.75, 3.05) is 26.2 Å². The lowest BCUT2D eigenvalue weighted by Gasteiger charge is -2.40. The average molecular weight is 214 g/mol. The van der Waals surface area contributed by atoms with Crippen LogP contribution >= 0.6 is 11.8 Å². The number of carbonyl (C=O) groups excluding carboxylic acids is 1. The van der Waals surface area contributed by atoms with Crippen LogP contribution in [0.4, 0.5) is 0 Å². The fourth-order valence-electron chi connectivity index (χ4n) is 1.74. The van der Waals surface area contributed by atoms with E-state index in [1.54, 1.807) is 6.20 Å². The Labute approximate surface area is 87.1 Å². The summed E-state index contributed by atoms with van der Waals surface area (Å²) in [5.41, 5.74) is 5.44. The zero-order chi connectivity index (χ0) is 10.0. The molecule has 2 aliphatic heterocycles. The first-order chi connectivity index (χ1) is 6.76. The number of thioether (sulfide) groups is 1. The Morgan fingerprint density at radius 2 is 2.21 bits per heavy atom. The van der Waals surface area contributed by atoms with Gasteiger partial charge in [-0.3, -0.25) is 9.69 Å². The molecule has 1 atom stereocenters. The molecule has 0 aromatic rings. The van der Waals surface area contributed by atoms with Gasteiger partial charge in [0.2, 0.25) is 4.99 Å². The van der Waals surface area contributed by atoms with Gasteiger partial charge in [-0.1, -0.05) is 11.8 Å². The molecule has 0 aromatic carbocycles. The molecule has 0 saturated carbocycles. The highest BCUT2D eigenvalue weighted by Gasteiger charge is 2.44. The molecular formula is C8H14N4OS. The smallest absolute Gasteiger partial charge is 0.269 e. The number of piperazine rings is 1.